The van der Waals surface area contributed by atoms with E-state index in [1.165, 1.54) is 7.11 Å². The van der Waals surface area contributed by atoms with E-state index in [2.05, 4.69) is 10.1 Å². The number of ether oxygens (including phenoxy) is 1. The molecule has 0 saturated carbocycles. The average Bonchev–Trinajstić information content (AvgIpc) is 2.21. The zero-order chi connectivity index (χ0) is 12.7. The van der Waals surface area contributed by atoms with E-state index in [-0.39, 0.29) is 6.54 Å². The smallest absolute Gasteiger partial charge is 0.322 e. The molecule has 0 radical (unpaired) electrons. The van der Waals surface area contributed by atoms with E-state index in [1.807, 2.05) is 13.8 Å². The highest BCUT2D eigenvalue weighted by molar-refractivity contribution is 5.76. The molecule has 0 fully saturated rings. The molecule has 6 heteroatoms. The van der Waals surface area contributed by atoms with Crippen molar-refractivity contribution in [3.05, 3.63) is 0 Å². The number of hydrogen-bond acceptors (Lipinski definition) is 5. The molecule has 6 nitrogen and oxygen atoms in total. The van der Waals surface area contributed by atoms with Gasteiger partial charge in [-0.2, -0.15) is 0 Å². The second-order valence-electron chi connectivity index (χ2n) is 4.06. The summed E-state index contributed by atoms with van der Waals surface area (Å²) >= 11 is 0. The van der Waals surface area contributed by atoms with Crippen molar-refractivity contribution in [1.82, 2.24) is 5.32 Å². The van der Waals surface area contributed by atoms with Crippen molar-refractivity contribution in [3.8, 4) is 0 Å². The number of hydrogen-bond donors (Lipinski definition) is 3. The van der Waals surface area contributed by atoms with Crippen LogP contribution in [0.3, 0.4) is 0 Å². The summed E-state index contributed by atoms with van der Waals surface area (Å²) in [7, 11) is 1.30. The minimum Gasteiger partial charge on any atom is -0.480 e. The van der Waals surface area contributed by atoms with Gasteiger partial charge in [0.1, 0.15) is 12.1 Å². The van der Waals surface area contributed by atoms with Gasteiger partial charge < -0.3 is 20.9 Å². The van der Waals surface area contributed by atoms with Crippen LogP contribution < -0.4 is 11.1 Å². The van der Waals surface area contributed by atoms with Crippen LogP contribution in [0, 0.1) is 5.92 Å². The molecule has 0 aliphatic heterocycles. The van der Waals surface area contributed by atoms with Crippen LogP contribution in [0.15, 0.2) is 0 Å². The molecule has 0 aromatic heterocycles. The van der Waals surface area contributed by atoms with Crippen LogP contribution in [-0.4, -0.2) is 42.8 Å². The predicted molar refractivity (Wildman–Crippen MR) is 58.9 cm³/mol. The SMILES string of the molecule is COC(=O)C(CC(C)C)NCC(N)C(=O)O. The molecule has 0 amide bonds. The third-order valence-electron chi connectivity index (χ3n) is 2.09. The molecular formula is C10H20N2O4. The summed E-state index contributed by atoms with van der Waals surface area (Å²) in [6.45, 7) is 3.98. The Hall–Kier alpha value is -1.14. The maximum Gasteiger partial charge on any atom is 0.322 e. The molecule has 0 aliphatic carbocycles. The summed E-state index contributed by atoms with van der Waals surface area (Å²) in [6, 6.07) is -1.52. The fourth-order valence-corrected chi connectivity index (χ4v) is 1.23. The van der Waals surface area contributed by atoms with Crippen molar-refractivity contribution in [3.63, 3.8) is 0 Å². The van der Waals surface area contributed by atoms with Crippen LogP contribution >= 0.6 is 0 Å². The first kappa shape index (κ1) is 14.9. The first-order chi connectivity index (χ1) is 7.38. The van der Waals surface area contributed by atoms with Gasteiger partial charge in [0.2, 0.25) is 0 Å². The number of methoxy groups -OCH3 is 1. The maximum absolute atomic E-state index is 11.4. The standard InChI is InChI=1S/C10H20N2O4/c1-6(2)4-8(10(15)16-3)12-5-7(11)9(13)14/h6-8,12H,4-5,11H2,1-3H3,(H,13,14). The Balaban J connectivity index is 4.21. The van der Waals surface area contributed by atoms with E-state index in [9.17, 15) is 9.59 Å². The zero-order valence-electron chi connectivity index (χ0n) is 9.90. The third kappa shape index (κ3) is 5.67. The molecule has 0 rings (SSSR count). The monoisotopic (exact) mass is 232 g/mol. The summed E-state index contributed by atoms with van der Waals surface area (Å²) in [5.41, 5.74) is 5.32. The number of carboxylic acid groups (broad SMARTS) is 1. The number of aliphatic carboxylic acids is 1. The van der Waals surface area contributed by atoms with Gasteiger partial charge in [-0.25, -0.2) is 0 Å². The van der Waals surface area contributed by atoms with Crippen LogP contribution in [0.25, 0.3) is 0 Å². The van der Waals surface area contributed by atoms with Crippen LogP contribution in [0.2, 0.25) is 0 Å². The Morgan fingerprint density at radius 1 is 1.44 bits per heavy atom. The predicted octanol–water partition coefficient (Wildman–Crippen LogP) is -0.424. The summed E-state index contributed by atoms with van der Waals surface area (Å²) < 4.78 is 4.62. The molecular weight excluding hydrogens is 212 g/mol. The highest BCUT2D eigenvalue weighted by Gasteiger charge is 2.22. The van der Waals surface area contributed by atoms with Gasteiger partial charge in [-0.3, -0.25) is 9.59 Å². The molecule has 0 aliphatic rings. The molecule has 0 aromatic carbocycles. The Bertz CT molecular complexity index is 243. The number of carbonyl (C=O) groups is 2. The normalized spacial score (nSPS) is 14.6. The lowest BCUT2D eigenvalue weighted by atomic mass is 10.0. The van der Waals surface area contributed by atoms with Crippen molar-refractivity contribution >= 4 is 11.9 Å². The first-order valence-electron chi connectivity index (χ1n) is 5.18. The molecule has 0 saturated heterocycles. The topological polar surface area (TPSA) is 102 Å². The van der Waals surface area contributed by atoms with Gasteiger partial charge in [-0.05, 0) is 12.3 Å². The lowest BCUT2D eigenvalue weighted by Crippen LogP contribution is -2.47. The quantitative estimate of drug-likeness (QED) is 0.515. The lowest BCUT2D eigenvalue weighted by Gasteiger charge is -2.19. The van der Waals surface area contributed by atoms with Crippen LogP contribution in [-0.2, 0) is 14.3 Å². The van der Waals surface area contributed by atoms with Gasteiger partial charge in [-0.1, -0.05) is 13.8 Å². The fourth-order valence-electron chi connectivity index (χ4n) is 1.23. The molecule has 2 atom stereocenters. The first-order valence-corrected chi connectivity index (χ1v) is 5.18. The molecule has 4 N–H and O–H groups in total. The van der Waals surface area contributed by atoms with E-state index in [0.29, 0.717) is 12.3 Å². The summed E-state index contributed by atoms with van der Waals surface area (Å²) in [6.07, 6.45) is 0.582. The second kappa shape index (κ2) is 7.19. The van der Waals surface area contributed by atoms with Gasteiger partial charge in [0.15, 0.2) is 0 Å². The number of rotatable bonds is 7. The minimum absolute atomic E-state index is 0.0435. The third-order valence-corrected chi connectivity index (χ3v) is 2.09. The molecule has 94 valence electrons. The molecule has 0 spiro atoms. The van der Waals surface area contributed by atoms with Gasteiger partial charge in [0.05, 0.1) is 7.11 Å². The average molecular weight is 232 g/mol. The molecule has 16 heavy (non-hydrogen) atoms. The number of carbonyl (C=O) groups excluding carboxylic acids is 1. The van der Waals surface area contributed by atoms with E-state index in [1.54, 1.807) is 0 Å². The van der Waals surface area contributed by atoms with Crippen molar-refractivity contribution in [2.75, 3.05) is 13.7 Å². The molecule has 0 aromatic rings. The molecule has 0 bridgehead atoms. The Labute approximate surface area is 95.1 Å². The number of nitrogens with one attached hydrogen (secondary N) is 1. The summed E-state index contributed by atoms with van der Waals surface area (Å²) in [5.74, 6) is -1.19. The van der Waals surface area contributed by atoms with Gasteiger partial charge in [0.25, 0.3) is 0 Å². The van der Waals surface area contributed by atoms with E-state index < -0.39 is 24.0 Å². The molecule has 2 unspecified atom stereocenters. The van der Waals surface area contributed by atoms with E-state index >= 15 is 0 Å². The number of nitrogens with two attached hydrogens (primary N) is 1. The lowest BCUT2D eigenvalue weighted by molar-refractivity contribution is -0.144. The van der Waals surface area contributed by atoms with Crippen molar-refractivity contribution < 1.29 is 19.4 Å². The van der Waals surface area contributed by atoms with Crippen LogP contribution in [0.5, 0.6) is 0 Å². The van der Waals surface area contributed by atoms with Gasteiger partial charge in [0, 0.05) is 6.54 Å². The fraction of sp³-hybridized carbons (Fsp3) is 0.800. The van der Waals surface area contributed by atoms with Crippen LogP contribution in [0.4, 0.5) is 0 Å². The van der Waals surface area contributed by atoms with E-state index in [0.717, 1.165) is 0 Å². The number of carboxylic acids is 1. The zero-order valence-corrected chi connectivity index (χ0v) is 9.90. The second-order valence-corrected chi connectivity index (χ2v) is 4.06. The van der Waals surface area contributed by atoms with Crippen molar-refractivity contribution in [1.29, 1.82) is 0 Å². The largest absolute Gasteiger partial charge is 0.480 e. The summed E-state index contributed by atoms with van der Waals surface area (Å²) in [5, 5.41) is 11.4. The highest BCUT2D eigenvalue weighted by Crippen LogP contribution is 2.06. The highest BCUT2D eigenvalue weighted by atomic mass is 16.5. The summed E-state index contributed by atoms with van der Waals surface area (Å²) in [4.78, 5) is 21.8. The van der Waals surface area contributed by atoms with Gasteiger partial charge in [-0.15, -0.1) is 0 Å². The maximum atomic E-state index is 11.4. The molecule has 0 heterocycles. The number of esters is 1. The Morgan fingerprint density at radius 3 is 2.38 bits per heavy atom. The van der Waals surface area contributed by atoms with Crippen molar-refractivity contribution in [2.24, 2.45) is 11.7 Å². The minimum atomic E-state index is -1.10. The Kier molecular flexibility index (Phi) is 6.67. The van der Waals surface area contributed by atoms with Crippen molar-refractivity contribution in [2.45, 2.75) is 32.4 Å². The van der Waals surface area contributed by atoms with Crippen LogP contribution in [0.1, 0.15) is 20.3 Å². The van der Waals surface area contributed by atoms with E-state index in [4.69, 9.17) is 10.8 Å². The Morgan fingerprint density at radius 2 is 2.00 bits per heavy atom. The van der Waals surface area contributed by atoms with Gasteiger partial charge >= 0.3 is 11.9 Å².